The van der Waals surface area contributed by atoms with E-state index in [4.69, 9.17) is 43.4 Å². The second kappa shape index (κ2) is 40.9. The van der Waals surface area contributed by atoms with Gasteiger partial charge in [0.15, 0.2) is 0 Å². The van der Waals surface area contributed by atoms with Gasteiger partial charge in [-0.25, -0.2) is 14.4 Å². The van der Waals surface area contributed by atoms with Gasteiger partial charge in [-0.05, 0) is 37.0 Å². The highest BCUT2D eigenvalue weighted by Crippen LogP contribution is 2.21. The van der Waals surface area contributed by atoms with Gasteiger partial charge in [0.1, 0.15) is 59.6 Å². The van der Waals surface area contributed by atoms with Crippen LogP contribution in [0.25, 0.3) is 0 Å². The minimum absolute atomic E-state index is 0.0709. The molecular formula is C51H87N9O12. The van der Waals surface area contributed by atoms with E-state index in [0.29, 0.717) is 19.6 Å². The van der Waals surface area contributed by atoms with Crippen molar-refractivity contribution in [1.82, 2.24) is 30.9 Å². The smallest absolute Gasteiger partial charge is 0.330 e. The minimum atomic E-state index is -0.636. The molecule has 0 aliphatic heterocycles. The number of hydrogen-bond acceptors (Lipinski definition) is 18. The highest BCUT2D eigenvalue weighted by atomic mass is 16.6. The standard InChI is InChI=1S/C51H87N9O12/c1-10-19-22-40(13-4)31-52-43(61)34-58(37-67-25-28-70-46(64)16-7)49-55-50(59(38-68-26-29-71-47(65)17-8)35-44(62)53-32-41(14-5)23-20-11-2)57-51(56-49)60(39-69-27-30-72-48(66)18-9)36-45(63)54-33-42(15-6)24-21-12-3/h16-18,40-42H,7-15,19-39H2,1-6H3,(H,52,61)(H,53,62)(H,54,63). The number of nitrogens with one attached hydrogen (secondary N) is 3. The van der Waals surface area contributed by atoms with Crippen LogP contribution in [0.15, 0.2) is 38.0 Å². The average Bonchev–Trinajstić information content (AvgIpc) is 3.39. The Morgan fingerprint density at radius 1 is 0.458 bits per heavy atom. The lowest BCUT2D eigenvalue weighted by Gasteiger charge is -2.29. The van der Waals surface area contributed by atoms with Gasteiger partial charge in [-0.1, -0.05) is 119 Å². The van der Waals surface area contributed by atoms with Crippen molar-refractivity contribution >= 4 is 53.5 Å². The second-order valence-corrected chi connectivity index (χ2v) is 17.2. The van der Waals surface area contributed by atoms with Crippen molar-refractivity contribution in [2.24, 2.45) is 17.8 Å². The molecule has 1 rings (SSSR count). The van der Waals surface area contributed by atoms with Crippen LogP contribution in [0.5, 0.6) is 0 Å². The van der Waals surface area contributed by atoms with Gasteiger partial charge in [0.05, 0.1) is 19.8 Å². The highest BCUT2D eigenvalue weighted by molar-refractivity contribution is 5.83. The number of esters is 3. The molecule has 0 bridgehead atoms. The number of ether oxygens (including phenoxy) is 6. The van der Waals surface area contributed by atoms with Crippen LogP contribution in [0.4, 0.5) is 17.8 Å². The molecule has 21 nitrogen and oxygen atoms in total. The summed E-state index contributed by atoms with van der Waals surface area (Å²) in [6, 6.07) is 0. The van der Waals surface area contributed by atoms with Crippen molar-refractivity contribution in [1.29, 1.82) is 0 Å². The van der Waals surface area contributed by atoms with E-state index in [-0.39, 0.29) is 133 Å². The minimum Gasteiger partial charge on any atom is -0.460 e. The van der Waals surface area contributed by atoms with Gasteiger partial charge in [-0.15, -0.1) is 0 Å². The van der Waals surface area contributed by atoms with Gasteiger partial charge < -0.3 is 59.1 Å². The van der Waals surface area contributed by atoms with Gasteiger partial charge in [-0.2, -0.15) is 15.0 Å². The molecular weight excluding hydrogens is 931 g/mol. The molecule has 0 aliphatic rings. The Morgan fingerprint density at radius 3 is 0.944 bits per heavy atom. The Hall–Kier alpha value is -5.67. The lowest BCUT2D eigenvalue weighted by molar-refractivity contribution is -0.140. The molecule has 0 aliphatic carbocycles. The Labute approximate surface area is 428 Å². The van der Waals surface area contributed by atoms with Crippen molar-refractivity contribution in [2.45, 2.75) is 119 Å². The maximum absolute atomic E-state index is 13.8. The highest BCUT2D eigenvalue weighted by Gasteiger charge is 2.26. The molecule has 0 spiro atoms. The maximum Gasteiger partial charge on any atom is 0.330 e. The van der Waals surface area contributed by atoms with E-state index in [2.05, 4.69) is 77.2 Å². The van der Waals surface area contributed by atoms with Crippen LogP contribution >= 0.6 is 0 Å². The zero-order valence-corrected chi connectivity index (χ0v) is 44.3. The first kappa shape index (κ1) is 64.3. The summed E-state index contributed by atoms with van der Waals surface area (Å²) >= 11 is 0. The zero-order chi connectivity index (χ0) is 53.4. The summed E-state index contributed by atoms with van der Waals surface area (Å²) in [6.07, 6.45) is 14.7. The summed E-state index contributed by atoms with van der Waals surface area (Å²) in [5.74, 6) is -2.48. The lowest BCUT2D eigenvalue weighted by Crippen LogP contribution is -2.44. The first-order valence-corrected chi connectivity index (χ1v) is 25.7. The third-order valence-corrected chi connectivity index (χ3v) is 11.5. The number of hydrogen-bond donors (Lipinski definition) is 3. The van der Waals surface area contributed by atoms with Crippen molar-refractivity contribution in [3.8, 4) is 0 Å². The molecule has 3 amide bonds. The number of amides is 3. The van der Waals surface area contributed by atoms with Crippen molar-refractivity contribution < 1.29 is 57.2 Å². The predicted octanol–water partition coefficient (Wildman–Crippen LogP) is 5.40. The molecule has 0 radical (unpaired) electrons. The predicted molar refractivity (Wildman–Crippen MR) is 277 cm³/mol. The summed E-state index contributed by atoms with van der Waals surface area (Å²) in [4.78, 5) is 95.7. The summed E-state index contributed by atoms with van der Waals surface area (Å²) in [5, 5.41) is 9.12. The Kier molecular flexibility index (Phi) is 36.5. The number of anilines is 3. The molecule has 3 atom stereocenters. The van der Waals surface area contributed by atoms with E-state index in [1.807, 2.05) is 0 Å². The fourth-order valence-corrected chi connectivity index (χ4v) is 6.89. The topological polar surface area (TPSA) is 242 Å². The lowest BCUT2D eigenvalue weighted by atomic mass is 9.99. The second-order valence-electron chi connectivity index (χ2n) is 17.2. The van der Waals surface area contributed by atoms with E-state index >= 15 is 0 Å². The molecule has 3 unspecified atom stereocenters. The van der Waals surface area contributed by atoms with Gasteiger partial charge in [0.25, 0.3) is 0 Å². The van der Waals surface area contributed by atoms with Crippen LogP contribution in [-0.2, 0) is 57.2 Å². The molecule has 0 fully saturated rings. The number of aromatic nitrogens is 3. The first-order chi connectivity index (χ1) is 34.8. The Bertz CT molecular complexity index is 1550. The molecule has 1 aromatic heterocycles. The molecule has 72 heavy (non-hydrogen) atoms. The van der Waals surface area contributed by atoms with Crippen molar-refractivity contribution in [3.63, 3.8) is 0 Å². The number of nitrogens with zero attached hydrogens (tertiary/aromatic N) is 6. The molecule has 408 valence electrons. The number of carbonyl (C=O) groups is 6. The van der Waals surface area contributed by atoms with Gasteiger partial charge in [0.2, 0.25) is 35.6 Å². The summed E-state index contributed by atoms with van der Waals surface area (Å²) < 4.78 is 33.1. The maximum atomic E-state index is 13.8. The SMILES string of the molecule is C=CC(=O)OCCOCN(CC(=O)NCC(CC)CCCC)c1nc(N(COCCOC(=O)C=C)CC(=O)NCC(CC)CCCC)nc(N(COCCOC(=O)C=C)CC(=O)NCC(CC)CCCC)n1. The monoisotopic (exact) mass is 1020 g/mol. The van der Waals surface area contributed by atoms with E-state index in [0.717, 1.165) is 95.3 Å². The van der Waals surface area contributed by atoms with Crippen LogP contribution < -0.4 is 30.7 Å². The number of unbranched alkanes of at least 4 members (excludes halogenated alkanes) is 3. The van der Waals surface area contributed by atoms with Gasteiger partial charge in [0, 0.05) is 37.9 Å². The van der Waals surface area contributed by atoms with Crippen LogP contribution in [-0.4, -0.2) is 150 Å². The fourth-order valence-electron chi connectivity index (χ4n) is 6.89. The first-order valence-electron chi connectivity index (χ1n) is 25.7. The van der Waals surface area contributed by atoms with E-state index < -0.39 is 17.9 Å². The van der Waals surface area contributed by atoms with E-state index in [9.17, 15) is 28.8 Å². The fraction of sp³-hybridized carbons (Fsp3) is 0.706. The number of rotatable bonds is 45. The quantitative estimate of drug-likeness (QED) is 0.0244. The summed E-state index contributed by atoms with van der Waals surface area (Å²) in [6.45, 7) is 21.9. The van der Waals surface area contributed by atoms with Crippen LogP contribution in [0.1, 0.15) is 119 Å². The van der Waals surface area contributed by atoms with Crippen LogP contribution in [0.2, 0.25) is 0 Å². The molecule has 1 heterocycles. The largest absolute Gasteiger partial charge is 0.460 e. The molecule has 0 aromatic carbocycles. The molecule has 1 aromatic rings. The molecule has 0 saturated carbocycles. The van der Waals surface area contributed by atoms with Gasteiger partial charge >= 0.3 is 17.9 Å². The van der Waals surface area contributed by atoms with Crippen LogP contribution in [0.3, 0.4) is 0 Å². The van der Waals surface area contributed by atoms with E-state index in [1.54, 1.807) is 0 Å². The molecule has 3 N–H and O–H groups in total. The number of carbonyl (C=O) groups excluding carboxylic acids is 6. The van der Waals surface area contributed by atoms with Crippen molar-refractivity contribution in [3.05, 3.63) is 38.0 Å². The summed E-state index contributed by atoms with van der Waals surface area (Å²) in [7, 11) is 0. The average molecular weight is 1020 g/mol. The van der Waals surface area contributed by atoms with Gasteiger partial charge in [-0.3, -0.25) is 14.4 Å². The van der Waals surface area contributed by atoms with Crippen LogP contribution in [0, 0.1) is 17.8 Å². The summed E-state index contributed by atoms with van der Waals surface area (Å²) in [5.41, 5.74) is 0. The Morgan fingerprint density at radius 2 is 0.722 bits per heavy atom. The molecule has 21 heteroatoms. The van der Waals surface area contributed by atoms with Crippen molar-refractivity contribution in [2.75, 3.05) is 114 Å². The molecule has 0 saturated heterocycles. The normalized spacial score (nSPS) is 12.1. The Balaban J connectivity index is 4.03. The third-order valence-electron chi connectivity index (χ3n) is 11.5. The zero-order valence-electron chi connectivity index (χ0n) is 44.3. The van der Waals surface area contributed by atoms with E-state index in [1.165, 1.54) is 14.7 Å². The third kappa shape index (κ3) is 29.6.